The molecule has 4 heterocycles. The molecule has 0 saturated carbocycles. The third-order valence-electron chi connectivity index (χ3n) is 11.7. The molecule has 2 aliphatic heterocycles. The summed E-state index contributed by atoms with van der Waals surface area (Å²) in [5, 5.41) is 6.52. The first-order chi connectivity index (χ1) is 34.3. The van der Waals surface area contributed by atoms with Crippen LogP contribution in [0.5, 0.6) is 23.0 Å². The Morgan fingerprint density at radius 1 is 0.563 bits per heavy atom. The van der Waals surface area contributed by atoms with Crippen LogP contribution >= 0.6 is 11.6 Å². The minimum Gasteiger partial charge on any atom is -0.454 e. The van der Waals surface area contributed by atoms with Crippen LogP contribution < -0.4 is 39.9 Å². The number of hydrogen-bond donors (Lipinski definition) is 2. The number of carbonyl (C=O) groups excluding carboxylic acids is 2. The lowest BCUT2D eigenvalue weighted by molar-refractivity contribution is -0.137. The maximum absolute atomic E-state index is 16.4. The van der Waals surface area contributed by atoms with Gasteiger partial charge < -0.3 is 29.9 Å². The summed E-state index contributed by atoms with van der Waals surface area (Å²) in [6.07, 6.45) is 2.85. The lowest BCUT2D eigenvalue weighted by atomic mass is 10.2. The molecule has 71 heavy (non-hydrogen) atoms. The van der Waals surface area contributed by atoms with Gasteiger partial charge in [-0.1, -0.05) is 23.7 Å². The maximum Gasteiger partial charge on any atom is 0.416 e. The van der Waals surface area contributed by atoms with Crippen molar-refractivity contribution in [2.45, 2.75) is 31.9 Å². The Morgan fingerprint density at radius 3 is 1.59 bits per heavy atom. The standard InChI is InChI=1S/C51H40ClF5N10O4/c52-32-8-6-10-35(24-32)66(50(69)61-34-11-17-45(39(53)25-34)70-37-13-15-41-43(27-37)62-47(29-58-41)64-19-1-2-20-64)67(49(68)60-33-9-5-7-31(23-33)51(55,56)57)36-12-18-46(40(54)26-36)71-38-14-16-42-44(28-38)63-48(30-59-42)65-21-3-4-22-65/h5-18,23-30H,1-4,19-22H2,(H,60,68)(H,61,69). The van der Waals surface area contributed by atoms with Crippen molar-refractivity contribution < 1.29 is 41.0 Å². The first-order valence-corrected chi connectivity index (χ1v) is 22.8. The largest absolute Gasteiger partial charge is 0.454 e. The van der Waals surface area contributed by atoms with E-state index in [0.29, 0.717) is 39.0 Å². The number of alkyl halides is 3. The van der Waals surface area contributed by atoms with Crippen LogP contribution in [0.3, 0.4) is 0 Å². The van der Waals surface area contributed by atoms with Gasteiger partial charge in [-0.2, -0.15) is 23.2 Å². The molecule has 2 aromatic heterocycles. The van der Waals surface area contributed by atoms with Gasteiger partial charge in [-0.05, 0) is 111 Å². The number of nitrogens with one attached hydrogen (secondary N) is 2. The summed E-state index contributed by atoms with van der Waals surface area (Å²) in [6, 6.07) is 24.0. The molecule has 2 saturated heterocycles. The van der Waals surface area contributed by atoms with E-state index in [1.54, 1.807) is 48.8 Å². The van der Waals surface area contributed by atoms with Crippen LogP contribution in [0.25, 0.3) is 22.1 Å². The van der Waals surface area contributed by atoms with E-state index >= 15 is 8.78 Å². The molecular weight excluding hydrogens is 947 g/mol. The molecule has 0 unspecified atom stereocenters. The Kier molecular flexibility index (Phi) is 12.8. The molecule has 0 bridgehead atoms. The highest BCUT2D eigenvalue weighted by atomic mass is 35.5. The van der Waals surface area contributed by atoms with Gasteiger partial charge in [0.1, 0.15) is 23.1 Å². The third-order valence-corrected chi connectivity index (χ3v) is 12.0. The third kappa shape index (κ3) is 10.4. The van der Waals surface area contributed by atoms with Crippen LogP contribution in [-0.2, 0) is 6.18 Å². The van der Waals surface area contributed by atoms with E-state index in [2.05, 4.69) is 30.4 Å². The van der Waals surface area contributed by atoms with E-state index in [1.165, 1.54) is 54.6 Å². The van der Waals surface area contributed by atoms with Crippen molar-refractivity contribution in [1.29, 1.82) is 0 Å². The molecule has 0 spiro atoms. The number of hydrogen-bond acceptors (Lipinski definition) is 10. The number of halogens is 6. The first kappa shape index (κ1) is 46.4. The number of fused-ring (bicyclic) bond motifs is 2. The summed E-state index contributed by atoms with van der Waals surface area (Å²) in [7, 11) is 0. The van der Waals surface area contributed by atoms with Crippen LogP contribution in [0, 0.1) is 11.6 Å². The topological polar surface area (TPSA) is 141 Å². The number of nitrogens with zero attached hydrogens (tertiary/aromatic N) is 8. The average Bonchev–Trinajstić information content (AvgIpc) is 4.11. The van der Waals surface area contributed by atoms with Crippen LogP contribution in [0.4, 0.5) is 65.9 Å². The summed E-state index contributed by atoms with van der Waals surface area (Å²) in [5.74, 6) is -0.421. The monoisotopic (exact) mass is 986 g/mol. The van der Waals surface area contributed by atoms with Gasteiger partial charge in [-0.15, -0.1) is 0 Å². The summed E-state index contributed by atoms with van der Waals surface area (Å²) in [4.78, 5) is 51.9. The fourth-order valence-electron chi connectivity index (χ4n) is 8.29. The van der Waals surface area contributed by atoms with Gasteiger partial charge in [-0.25, -0.2) is 28.3 Å². The smallest absolute Gasteiger partial charge is 0.416 e. The van der Waals surface area contributed by atoms with E-state index in [1.807, 2.05) is 0 Å². The van der Waals surface area contributed by atoms with Crippen molar-refractivity contribution in [1.82, 2.24) is 19.9 Å². The number of hydrazine groups is 1. The van der Waals surface area contributed by atoms with Crippen molar-refractivity contribution in [3.8, 4) is 23.0 Å². The second-order valence-corrected chi connectivity index (χ2v) is 17.1. The van der Waals surface area contributed by atoms with E-state index in [9.17, 15) is 22.8 Å². The van der Waals surface area contributed by atoms with Crippen LogP contribution in [0.2, 0.25) is 5.02 Å². The van der Waals surface area contributed by atoms with Gasteiger partial charge in [0.25, 0.3) is 0 Å². The van der Waals surface area contributed by atoms with Gasteiger partial charge in [0.05, 0.1) is 51.4 Å². The number of anilines is 6. The average molecular weight is 987 g/mol. The molecule has 20 heteroatoms. The molecule has 2 fully saturated rings. The van der Waals surface area contributed by atoms with Gasteiger partial charge in [0.15, 0.2) is 23.1 Å². The van der Waals surface area contributed by atoms with Crippen LogP contribution in [-0.4, -0.2) is 58.2 Å². The van der Waals surface area contributed by atoms with Crippen LogP contribution in [0.1, 0.15) is 31.2 Å². The van der Waals surface area contributed by atoms with E-state index in [-0.39, 0.29) is 50.8 Å². The zero-order valence-electron chi connectivity index (χ0n) is 37.3. The van der Waals surface area contributed by atoms with Crippen molar-refractivity contribution in [2.24, 2.45) is 0 Å². The van der Waals surface area contributed by atoms with Gasteiger partial charge in [0.2, 0.25) is 0 Å². The van der Waals surface area contributed by atoms with Crippen molar-refractivity contribution in [2.75, 3.05) is 56.6 Å². The second kappa shape index (κ2) is 19.6. The van der Waals surface area contributed by atoms with E-state index < -0.39 is 35.4 Å². The Morgan fingerprint density at radius 2 is 1.07 bits per heavy atom. The quantitative estimate of drug-likeness (QED) is 0.100. The summed E-state index contributed by atoms with van der Waals surface area (Å²) < 4.78 is 85.6. The lowest BCUT2D eigenvalue weighted by Crippen LogP contribution is -2.54. The normalized spacial score (nSPS) is 13.7. The molecule has 0 atom stereocenters. The predicted octanol–water partition coefficient (Wildman–Crippen LogP) is 13.0. The summed E-state index contributed by atoms with van der Waals surface area (Å²) in [5.41, 5.74) is 0.435. The Labute approximate surface area is 407 Å². The zero-order chi connectivity index (χ0) is 49.2. The molecule has 2 aliphatic rings. The van der Waals surface area contributed by atoms with Crippen molar-refractivity contribution >= 4 is 80.1 Å². The fraction of sp³-hybridized carbons (Fsp3) is 0.176. The van der Waals surface area contributed by atoms with E-state index in [4.69, 9.17) is 31.0 Å². The Bertz CT molecular complexity index is 3320. The summed E-state index contributed by atoms with van der Waals surface area (Å²) in [6.45, 7) is 3.45. The number of ether oxygens (including phenoxy) is 2. The highest BCUT2D eigenvalue weighted by Crippen LogP contribution is 2.36. The van der Waals surface area contributed by atoms with E-state index in [0.717, 1.165) is 87.0 Å². The molecular formula is C51H40ClF5N10O4. The van der Waals surface area contributed by atoms with Gasteiger partial charge >= 0.3 is 18.2 Å². The molecule has 4 amide bonds. The molecule has 8 aromatic rings. The zero-order valence-corrected chi connectivity index (χ0v) is 38.1. The molecule has 10 rings (SSSR count). The highest BCUT2D eigenvalue weighted by Gasteiger charge is 2.34. The minimum absolute atomic E-state index is 0.0618. The Balaban J connectivity index is 0.957. The Hall–Kier alpha value is -8.32. The molecule has 2 N–H and O–H groups in total. The number of amides is 4. The maximum atomic E-state index is 16.4. The van der Waals surface area contributed by atoms with Crippen molar-refractivity contribution in [3.63, 3.8) is 0 Å². The van der Waals surface area contributed by atoms with Gasteiger partial charge in [0, 0.05) is 66.8 Å². The molecule has 0 radical (unpaired) electrons. The lowest BCUT2D eigenvalue weighted by Gasteiger charge is -2.35. The SMILES string of the molecule is O=C(Nc1ccc(Oc2ccc3ncc(N4CCCC4)nc3c2)c(F)c1)N(c1cccc(Cl)c1)N(C(=O)Nc1cccc(C(F)(F)F)c1)c1ccc(Oc2ccc3ncc(N4CCCC4)nc3c2)c(F)c1. The minimum atomic E-state index is -4.77. The first-order valence-electron chi connectivity index (χ1n) is 22.4. The molecule has 14 nitrogen and oxygen atoms in total. The highest BCUT2D eigenvalue weighted by molar-refractivity contribution is 6.31. The summed E-state index contributed by atoms with van der Waals surface area (Å²) >= 11 is 6.40. The second-order valence-electron chi connectivity index (χ2n) is 16.7. The number of carbonyl (C=O) groups is 2. The molecule has 360 valence electrons. The van der Waals surface area contributed by atoms with Gasteiger partial charge in [-0.3, -0.25) is 9.97 Å². The molecule has 6 aromatic carbocycles. The number of aromatic nitrogens is 4. The van der Waals surface area contributed by atoms with Crippen LogP contribution in [0.15, 0.2) is 134 Å². The fourth-order valence-corrected chi connectivity index (χ4v) is 8.47. The number of urea groups is 2. The number of benzene rings is 6. The number of rotatable bonds is 10. The predicted molar refractivity (Wildman–Crippen MR) is 261 cm³/mol. The van der Waals surface area contributed by atoms with Crippen molar-refractivity contribution in [3.05, 3.63) is 156 Å². The molecule has 0 aliphatic carbocycles.